The summed E-state index contributed by atoms with van der Waals surface area (Å²) in [4.78, 5) is 24.0. The monoisotopic (exact) mass is 276 g/mol. The molecule has 1 aliphatic rings. The molecule has 1 aliphatic heterocycles. The highest BCUT2D eigenvalue weighted by atomic mass is 16.4. The zero-order valence-electron chi connectivity index (χ0n) is 11.6. The summed E-state index contributed by atoms with van der Waals surface area (Å²) in [7, 11) is 0. The van der Waals surface area contributed by atoms with E-state index in [0.29, 0.717) is 19.6 Å². The van der Waals surface area contributed by atoms with Crippen LogP contribution < -0.4 is 5.32 Å². The van der Waals surface area contributed by atoms with E-state index in [1.807, 2.05) is 12.1 Å². The molecular formula is C15H20N2O3. The van der Waals surface area contributed by atoms with Crippen molar-refractivity contribution in [2.75, 3.05) is 13.1 Å². The van der Waals surface area contributed by atoms with Gasteiger partial charge in [-0.15, -0.1) is 0 Å². The number of carbonyl (C=O) groups excluding carboxylic acids is 1. The van der Waals surface area contributed by atoms with E-state index in [2.05, 4.69) is 24.4 Å². The van der Waals surface area contributed by atoms with E-state index >= 15 is 0 Å². The van der Waals surface area contributed by atoms with Gasteiger partial charge in [-0.25, -0.2) is 4.79 Å². The van der Waals surface area contributed by atoms with Gasteiger partial charge in [0, 0.05) is 25.6 Å². The van der Waals surface area contributed by atoms with Crippen molar-refractivity contribution in [1.82, 2.24) is 10.2 Å². The first kappa shape index (κ1) is 14.4. The average molecular weight is 276 g/mol. The molecule has 1 aromatic rings. The maximum Gasteiger partial charge on any atom is 0.317 e. The zero-order valence-corrected chi connectivity index (χ0v) is 11.6. The Morgan fingerprint density at radius 1 is 1.25 bits per heavy atom. The lowest BCUT2D eigenvalue weighted by atomic mass is 9.97. The highest BCUT2D eigenvalue weighted by Gasteiger charge is 2.31. The maximum atomic E-state index is 11.8. The number of benzene rings is 1. The Labute approximate surface area is 118 Å². The Kier molecular flexibility index (Phi) is 4.61. The predicted octanol–water partition coefficient (Wildman–Crippen LogP) is 1.87. The quantitative estimate of drug-likeness (QED) is 0.862. The minimum Gasteiger partial charge on any atom is -0.481 e. The van der Waals surface area contributed by atoms with Crippen molar-refractivity contribution >= 4 is 12.0 Å². The van der Waals surface area contributed by atoms with Crippen molar-refractivity contribution in [3.05, 3.63) is 35.4 Å². The number of likely N-dealkylation sites (tertiary alicyclic amines) is 1. The van der Waals surface area contributed by atoms with Crippen molar-refractivity contribution in [2.24, 2.45) is 5.92 Å². The lowest BCUT2D eigenvalue weighted by molar-refractivity contribution is -0.139. The molecule has 1 aromatic carbocycles. The minimum absolute atomic E-state index is 0.0992. The molecule has 0 bridgehead atoms. The molecule has 2 amide bonds. The van der Waals surface area contributed by atoms with Crippen LogP contribution in [0.25, 0.3) is 0 Å². The molecule has 2 rings (SSSR count). The summed E-state index contributed by atoms with van der Waals surface area (Å²) in [5.41, 5.74) is 2.34. The van der Waals surface area contributed by atoms with Crippen LogP contribution in [0.1, 0.15) is 24.5 Å². The van der Waals surface area contributed by atoms with E-state index in [0.717, 1.165) is 12.0 Å². The maximum absolute atomic E-state index is 11.8. The number of nitrogens with zero attached hydrogens (tertiary/aromatic N) is 1. The van der Waals surface area contributed by atoms with Crippen molar-refractivity contribution in [3.8, 4) is 0 Å². The van der Waals surface area contributed by atoms with E-state index in [-0.39, 0.29) is 18.4 Å². The van der Waals surface area contributed by atoms with Gasteiger partial charge in [0.1, 0.15) is 0 Å². The summed E-state index contributed by atoms with van der Waals surface area (Å²) >= 11 is 0. The van der Waals surface area contributed by atoms with Crippen molar-refractivity contribution in [3.63, 3.8) is 0 Å². The third-order valence-corrected chi connectivity index (χ3v) is 3.58. The predicted molar refractivity (Wildman–Crippen MR) is 75.4 cm³/mol. The molecule has 0 atom stereocenters. The molecule has 1 heterocycles. The third-order valence-electron chi connectivity index (χ3n) is 3.58. The summed E-state index contributed by atoms with van der Waals surface area (Å²) in [6.45, 7) is 3.68. The summed E-state index contributed by atoms with van der Waals surface area (Å²) in [6.07, 6.45) is 1.15. The van der Waals surface area contributed by atoms with Crippen molar-refractivity contribution in [1.29, 1.82) is 0 Å². The second-order valence-corrected chi connectivity index (χ2v) is 5.20. The second kappa shape index (κ2) is 6.41. The molecule has 1 saturated heterocycles. The molecule has 5 heteroatoms. The molecule has 0 spiro atoms. The minimum atomic E-state index is -0.800. The van der Waals surface area contributed by atoms with Gasteiger partial charge in [-0.05, 0) is 17.5 Å². The number of aryl methyl sites for hydroxylation is 1. The topological polar surface area (TPSA) is 69.6 Å². The van der Waals surface area contributed by atoms with Gasteiger partial charge in [-0.2, -0.15) is 0 Å². The fraction of sp³-hybridized carbons (Fsp3) is 0.467. The molecule has 0 aliphatic carbocycles. The molecule has 1 fully saturated rings. The number of carboxylic acids is 1. The lowest BCUT2D eigenvalue weighted by Gasteiger charge is -2.38. The van der Waals surface area contributed by atoms with Gasteiger partial charge in [-0.3, -0.25) is 4.79 Å². The van der Waals surface area contributed by atoms with Gasteiger partial charge in [0.2, 0.25) is 0 Å². The van der Waals surface area contributed by atoms with Crippen LogP contribution >= 0.6 is 0 Å². The number of hydrogen-bond acceptors (Lipinski definition) is 2. The van der Waals surface area contributed by atoms with Crippen LogP contribution in [0.3, 0.4) is 0 Å². The zero-order chi connectivity index (χ0) is 14.5. The van der Waals surface area contributed by atoms with E-state index in [1.165, 1.54) is 5.56 Å². The summed E-state index contributed by atoms with van der Waals surface area (Å²) < 4.78 is 0. The van der Waals surface area contributed by atoms with Gasteiger partial charge in [-0.1, -0.05) is 31.2 Å². The van der Waals surface area contributed by atoms with E-state index in [4.69, 9.17) is 5.11 Å². The lowest BCUT2D eigenvalue weighted by Crippen LogP contribution is -2.54. The fourth-order valence-corrected chi connectivity index (χ4v) is 2.29. The molecule has 0 unspecified atom stereocenters. The molecule has 0 saturated carbocycles. The number of amides is 2. The van der Waals surface area contributed by atoms with Crippen molar-refractivity contribution < 1.29 is 14.7 Å². The molecule has 0 radical (unpaired) electrons. The standard InChI is InChI=1S/C15H20N2O3/c1-2-11-3-5-12(6-4-11)8-16-15(20)17-9-13(10-17)7-14(18)19/h3-6,13H,2,7-10H2,1H3,(H,16,20)(H,18,19). The Morgan fingerprint density at radius 2 is 1.85 bits per heavy atom. The van der Waals surface area contributed by atoms with Crippen LogP contribution in [-0.4, -0.2) is 35.1 Å². The summed E-state index contributed by atoms with van der Waals surface area (Å²) in [5.74, 6) is -0.701. The van der Waals surface area contributed by atoms with Crippen molar-refractivity contribution in [2.45, 2.75) is 26.3 Å². The number of aliphatic carboxylic acids is 1. The highest BCUT2D eigenvalue weighted by Crippen LogP contribution is 2.18. The number of urea groups is 1. The van der Waals surface area contributed by atoms with Crippen LogP contribution in [0, 0.1) is 5.92 Å². The fourth-order valence-electron chi connectivity index (χ4n) is 2.29. The molecule has 5 nitrogen and oxygen atoms in total. The second-order valence-electron chi connectivity index (χ2n) is 5.20. The van der Waals surface area contributed by atoms with Gasteiger partial charge >= 0.3 is 12.0 Å². The molecule has 20 heavy (non-hydrogen) atoms. The van der Waals surface area contributed by atoms with Crippen LogP contribution in [0.2, 0.25) is 0 Å². The number of rotatable bonds is 5. The molecule has 2 N–H and O–H groups in total. The van der Waals surface area contributed by atoms with Crippen LogP contribution in [0.5, 0.6) is 0 Å². The van der Waals surface area contributed by atoms with Gasteiger partial charge in [0.25, 0.3) is 0 Å². The average Bonchev–Trinajstić information content (AvgIpc) is 2.40. The Hall–Kier alpha value is -2.04. The first-order valence-electron chi connectivity index (χ1n) is 6.91. The number of hydrogen-bond donors (Lipinski definition) is 2. The Balaban J connectivity index is 1.72. The summed E-state index contributed by atoms with van der Waals surface area (Å²) in [5, 5.41) is 11.5. The number of carbonyl (C=O) groups is 2. The highest BCUT2D eigenvalue weighted by molar-refractivity contribution is 5.75. The number of carboxylic acid groups (broad SMARTS) is 1. The molecule has 108 valence electrons. The first-order chi connectivity index (χ1) is 9.58. The Bertz CT molecular complexity index is 478. The third kappa shape index (κ3) is 3.73. The van der Waals surface area contributed by atoms with Crippen LogP contribution in [0.4, 0.5) is 4.79 Å². The SMILES string of the molecule is CCc1ccc(CNC(=O)N2CC(CC(=O)O)C2)cc1. The van der Waals surface area contributed by atoms with Gasteiger partial charge < -0.3 is 15.3 Å². The number of nitrogens with one attached hydrogen (secondary N) is 1. The van der Waals surface area contributed by atoms with E-state index in [1.54, 1.807) is 4.90 Å². The van der Waals surface area contributed by atoms with E-state index in [9.17, 15) is 9.59 Å². The molecule has 0 aromatic heterocycles. The normalized spacial score (nSPS) is 14.8. The summed E-state index contributed by atoms with van der Waals surface area (Å²) in [6, 6.07) is 8.04. The van der Waals surface area contributed by atoms with Gasteiger partial charge in [0.05, 0.1) is 6.42 Å². The Morgan fingerprint density at radius 3 is 2.40 bits per heavy atom. The van der Waals surface area contributed by atoms with Crippen LogP contribution in [0.15, 0.2) is 24.3 Å². The largest absolute Gasteiger partial charge is 0.481 e. The van der Waals surface area contributed by atoms with Gasteiger partial charge in [0.15, 0.2) is 0 Å². The molecular weight excluding hydrogens is 256 g/mol. The first-order valence-corrected chi connectivity index (χ1v) is 6.91. The smallest absolute Gasteiger partial charge is 0.317 e. The van der Waals surface area contributed by atoms with Crippen LogP contribution in [-0.2, 0) is 17.8 Å². The van der Waals surface area contributed by atoms with E-state index < -0.39 is 5.97 Å².